The summed E-state index contributed by atoms with van der Waals surface area (Å²) in [6.07, 6.45) is 3.83. The molecule has 2 nitrogen and oxygen atoms in total. The number of nitrogens with zero attached hydrogens (tertiary/aromatic N) is 1. The van der Waals surface area contributed by atoms with Crippen molar-refractivity contribution < 1.29 is 0 Å². The molecule has 1 fully saturated rings. The van der Waals surface area contributed by atoms with E-state index in [0.717, 1.165) is 18.1 Å². The van der Waals surface area contributed by atoms with Crippen molar-refractivity contribution in [2.75, 3.05) is 19.6 Å². The van der Waals surface area contributed by atoms with Gasteiger partial charge in [0.1, 0.15) is 0 Å². The number of piperidine rings is 1. The highest BCUT2D eigenvalue weighted by molar-refractivity contribution is 6.30. The van der Waals surface area contributed by atoms with Gasteiger partial charge in [0.15, 0.2) is 0 Å². The summed E-state index contributed by atoms with van der Waals surface area (Å²) in [4.78, 5) is 2.61. The molecule has 1 aromatic rings. The number of rotatable bonds is 5. The van der Waals surface area contributed by atoms with E-state index in [-0.39, 0.29) is 0 Å². The van der Waals surface area contributed by atoms with Crippen molar-refractivity contribution in [1.29, 1.82) is 0 Å². The number of halogens is 1. The van der Waals surface area contributed by atoms with Crippen molar-refractivity contribution in [3.05, 3.63) is 34.9 Å². The number of nitrogens with one attached hydrogen (secondary N) is 1. The third kappa shape index (κ3) is 3.98. The van der Waals surface area contributed by atoms with Gasteiger partial charge in [0.2, 0.25) is 0 Å². The van der Waals surface area contributed by atoms with Crippen molar-refractivity contribution >= 4 is 11.6 Å². The van der Waals surface area contributed by atoms with E-state index in [9.17, 15) is 0 Å². The fourth-order valence-corrected chi connectivity index (χ4v) is 2.77. The van der Waals surface area contributed by atoms with E-state index in [1.807, 2.05) is 12.1 Å². The third-order valence-corrected chi connectivity index (χ3v) is 3.85. The van der Waals surface area contributed by atoms with E-state index >= 15 is 0 Å². The van der Waals surface area contributed by atoms with Gasteiger partial charge in [-0.25, -0.2) is 0 Å². The summed E-state index contributed by atoms with van der Waals surface area (Å²) >= 11 is 5.93. The van der Waals surface area contributed by atoms with E-state index in [0.29, 0.717) is 6.04 Å². The molecular formula is C15H23ClN2. The van der Waals surface area contributed by atoms with Crippen molar-refractivity contribution in [3.8, 4) is 0 Å². The van der Waals surface area contributed by atoms with Crippen LogP contribution in [0, 0.1) is 0 Å². The summed E-state index contributed by atoms with van der Waals surface area (Å²) in [7, 11) is 0. The minimum atomic E-state index is 0.689. The summed E-state index contributed by atoms with van der Waals surface area (Å²) in [5.74, 6) is 0. The largest absolute Gasteiger partial charge is 0.315 e. The maximum atomic E-state index is 5.93. The average molecular weight is 267 g/mol. The van der Waals surface area contributed by atoms with Gasteiger partial charge in [-0.3, -0.25) is 4.90 Å². The van der Waals surface area contributed by atoms with Gasteiger partial charge in [0, 0.05) is 24.2 Å². The van der Waals surface area contributed by atoms with Crippen LogP contribution in [0.25, 0.3) is 0 Å². The molecule has 1 N–H and O–H groups in total. The Balaban J connectivity index is 1.98. The van der Waals surface area contributed by atoms with Gasteiger partial charge in [0.25, 0.3) is 0 Å². The maximum absolute atomic E-state index is 5.93. The van der Waals surface area contributed by atoms with E-state index < -0.39 is 0 Å². The minimum Gasteiger partial charge on any atom is -0.315 e. The predicted molar refractivity (Wildman–Crippen MR) is 78.0 cm³/mol. The van der Waals surface area contributed by atoms with Gasteiger partial charge in [-0.05, 0) is 50.0 Å². The van der Waals surface area contributed by atoms with Gasteiger partial charge in [-0.2, -0.15) is 0 Å². The second-order valence-electron chi connectivity index (χ2n) is 5.10. The monoisotopic (exact) mass is 266 g/mol. The Kier molecular flexibility index (Phi) is 5.48. The lowest BCUT2D eigenvalue weighted by atomic mass is 10.0. The molecule has 1 aromatic carbocycles. The summed E-state index contributed by atoms with van der Waals surface area (Å²) in [5.41, 5.74) is 1.36. The lowest BCUT2D eigenvalue weighted by Gasteiger charge is -2.34. The maximum Gasteiger partial charge on any atom is 0.0406 e. The van der Waals surface area contributed by atoms with E-state index in [2.05, 4.69) is 29.3 Å². The zero-order chi connectivity index (χ0) is 12.8. The first-order valence-corrected chi connectivity index (χ1v) is 7.36. The van der Waals surface area contributed by atoms with Crippen molar-refractivity contribution in [3.63, 3.8) is 0 Å². The van der Waals surface area contributed by atoms with Crippen molar-refractivity contribution in [2.45, 2.75) is 38.8 Å². The molecule has 0 aliphatic carbocycles. The topological polar surface area (TPSA) is 15.3 Å². The van der Waals surface area contributed by atoms with Crippen LogP contribution in [-0.2, 0) is 6.54 Å². The molecule has 2 rings (SSSR count). The second-order valence-corrected chi connectivity index (χ2v) is 5.53. The van der Waals surface area contributed by atoms with Gasteiger partial charge in [0.05, 0.1) is 0 Å². The van der Waals surface area contributed by atoms with Crippen LogP contribution in [0.3, 0.4) is 0 Å². The van der Waals surface area contributed by atoms with Gasteiger partial charge < -0.3 is 5.32 Å². The Hall–Kier alpha value is -0.570. The highest BCUT2D eigenvalue weighted by atomic mass is 35.5. The molecule has 3 heteroatoms. The zero-order valence-electron chi connectivity index (χ0n) is 11.2. The molecular weight excluding hydrogens is 244 g/mol. The Bertz CT molecular complexity index is 344. The average Bonchev–Trinajstić information content (AvgIpc) is 2.42. The summed E-state index contributed by atoms with van der Waals surface area (Å²) < 4.78 is 0. The Morgan fingerprint density at radius 1 is 1.33 bits per heavy atom. The van der Waals surface area contributed by atoms with Crippen LogP contribution in [0.4, 0.5) is 0 Å². The quantitative estimate of drug-likeness (QED) is 0.880. The van der Waals surface area contributed by atoms with Gasteiger partial charge >= 0.3 is 0 Å². The molecule has 1 heterocycles. The molecule has 0 saturated carbocycles. The second kappa shape index (κ2) is 7.13. The smallest absolute Gasteiger partial charge is 0.0406 e. The molecule has 0 aromatic heterocycles. The Morgan fingerprint density at radius 3 is 2.72 bits per heavy atom. The molecule has 0 bridgehead atoms. The number of hydrogen-bond acceptors (Lipinski definition) is 2. The van der Waals surface area contributed by atoms with Crippen LogP contribution in [0.1, 0.15) is 31.7 Å². The van der Waals surface area contributed by atoms with E-state index in [4.69, 9.17) is 11.6 Å². The molecule has 18 heavy (non-hydrogen) atoms. The first kappa shape index (κ1) is 13.9. The SMILES string of the molecule is CCCN(Cc1ccc(Cl)cc1)C1CCCNC1. The lowest BCUT2D eigenvalue weighted by molar-refractivity contribution is 0.158. The van der Waals surface area contributed by atoms with Crippen molar-refractivity contribution in [1.82, 2.24) is 10.2 Å². The van der Waals surface area contributed by atoms with Crippen LogP contribution < -0.4 is 5.32 Å². The van der Waals surface area contributed by atoms with E-state index in [1.165, 1.54) is 37.9 Å². The normalized spacial score (nSPS) is 20.3. The fourth-order valence-electron chi connectivity index (χ4n) is 2.65. The highest BCUT2D eigenvalue weighted by Gasteiger charge is 2.20. The zero-order valence-corrected chi connectivity index (χ0v) is 11.9. The van der Waals surface area contributed by atoms with Crippen LogP contribution in [0.15, 0.2) is 24.3 Å². The fraction of sp³-hybridized carbons (Fsp3) is 0.600. The Labute approximate surface area is 115 Å². The number of benzene rings is 1. The summed E-state index contributed by atoms with van der Waals surface area (Å²) in [6, 6.07) is 8.94. The van der Waals surface area contributed by atoms with Crippen LogP contribution in [-0.4, -0.2) is 30.6 Å². The van der Waals surface area contributed by atoms with Gasteiger partial charge in [-0.1, -0.05) is 30.7 Å². The van der Waals surface area contributed by atoms with E-state index in [1.54, 1.807) is 0 Å². The molecule has 1 unspecified atom stereocenters. The third-order valence-electron chi connectivity index (χ3n) is 3.60. The molecule has 1 aliphatic rings. The molecule has 100 valence electrons. The number of hydrogen-bond donors (Lipinski definition) is 1. The summed E-state index contributed by atoms with van der Waals surface area (Å²) in [5, 5.41) is 4.33. The predicted octanol–water partition coefficient (Wildman–Crippen LogP) is 3.30. The molecule has 1 saturated heterocycles. The van der Waals surface area contributed by atoms with Crippen LogP contribution in [0.2, 0.25) is 5.02 Å². The first-order chi connectivity index (χ1) is 8.79. The van der Waals surface area contributed by atoms with Gasteiger partial charge in [-0.15, -0.1) is 0 Å². The van der Waals surface area contributed by atoms with Crippen molar-refractivity contribution in [2.24, 2.45) is 0 Å². The Morgan fingerprint density at radius 2 is 2.11 bits per heavy atom. The molecule has 0 spiro atoms. The first-order valence-electron chi connectivity index (χ1n) is 6.99. The van der Waals surface area contributed by atoms with Crippen LogP contribution >= 0.6 is 11.6 Å². The van der Waals surface area contributed by atoms with Crippen LogP contribution in [0.5, 0.6) is 0 Å². The molecule has 0 amide bonds. The minimum absolute atomic E-state index is 0.689. The molecule has 1 aliphatic heterocycles. The summed E-state index contributed by atoms with van der Waals surface area (Å²) in [6.45, 7) is 6.78. The standard InChI is InChI=1S/C15H23ClN2/c1-2-10-18(15-4-3-9-17-11-15)12-13-5-7-14(16)8-6-13/h5-8,15,17H,2-4,9-12H2,1H3. The lowest BCUT2D eigenvalue weighted by Crippen LogP contribution is -2.45. The molecule has 1 atom stereocenters. The molecule has 0 radical (unpaired) electrons. The highest BCUT2D eigenvalue weighted by Crippen LogP contribution is 2.16.